The molecule has 1 aromatic carbocycles. The lowest BCUT2D eigenvalue weighted by atomic mass is 10.1. The maximum atomic E-state index is 12.0. The number of carbonyl (C=O) groups is 1. The molecule has 0 atom stereocenters. The van der Waals surface area contributed by atoms with Gasteiger partial charge in [0.05, 0.1) is 0 Å². The molecule has 1 N–H and O–H groups in total. The van der Waals surface area contributed by atoms with Crippen molar-refractivity contribution in [2.75, 3.05) is 0 Å². The Morgan fingerprint density at radius 2 is 1.60 bits per heavy atom. The van der Waals surface area contributed by atoms with Gasteiger partial charge in [0.1, 0.15) is 5.75 Å². The normalized spacial score (nSPS) is 12.1. The predicted molar refractivity (Wildman–Crippen MR) is 64.4 cm³/mol. The highest BCUT2D eigenvalue weighted by Gasteiger charge is 2.41. The van der Waals surface area contributed by atoms with Gasteiger partial charge in [-0.3, -0.25) is 4.79 Å². The van der Waals surface area contributed by atoms with Crippen LogP contribution in [-0.2, 0) is 15.1 Å². The van der Waals surface area contributed by atoms with E-state index in [4.69, 9.17) is 0 Å². The van der Waals surface area contributed by atoms with E-state index < -0.39 is 22.4 Å². The number of benzene rings is 1. The minimum atomic E-state index is -5.31. The molecule has 0 bridgehead atoms. The van der Waals surface area contributed by atoms with Gasteiger partial charge in [-0.25, -0.2) is 4.72 Å². The molecule has 0 saturated carbocycles. The second-order valence-corrected chi connectivity index (χ2v) is 5.47. The van der Waals surface area contributed by atoms with Crippen molar-refractivity contribution < 1.29 is 30.6 Å². The van der Waals surface area contributed by atoms with Gasteiger partial charge in [-0.2, -0.15) is 21.6 Å². The lowest BCUT2D eigenvalue weighted by Gasteiger charge is -2.13. The average molecular weight is 311 g/mol. The summed E-state index contributed by atoms with van der Waals surface area (Å²) < 4.78 is 64.1. The molecule has 0 unspecified atom stereocenters. The first-order valence-electron chi connectivity index (χ1n) is 5.33. The molecule has 9 heteroatoms. The lowest BCUT2D eigenvalue weighted by Crippen LogP contribution is -2.42. The molecule has 0 spiro atoms. The standard InChI is InChI=1S/C11H12F3NO4S/c1-6-4-7(2)9(8(3)5-6)19-20(17,18)15-10(16)11(12,13)14/h4-5H,1-3H3,(H,15,16). The van der Waals surface area contributed by atoms with Crippen molar-refractivity contribution in [1.29, 1.82) is 0 Å². The van der Waals surface area contributed by atoms with E-state index in [2.05, 4.69) is 4.18 Å². The van der Waals surface area contributed by atoms with Crippen molar-refractivity contribution >= 4 is 16.2 Å². The van der Waals surface area contributed by atoms with E-state index in [0.29, 0.717) is 11.1 Å². The van der Waals surface area contributed by atoms with Gasteiger partial charge in [0.2, 0.25) is 0 Å². The summed E-state index contributed by atoms with van der Waals surface area (Å²) >= 11 is 0. The third-order valence-corrected chi connectivity index (χ3v) is 3.09. The van der Waals surface area contributed by atoms with Crippen LogP contribution in [0.2, 0.25) is 0 Å². The summed E-state index contributed by atoms with van der Waals surface area (Å²) in [5.41, 5.74) is 1.68. The number of amides is 1. The Bertz CT molecular complexity index is 615. The quantitative estimate of drug-likeness (QED) is 0.925. The molecule has 0 heterocycles. The molecule has 0 aliphatic heterocycles. The highest BCUT2D eigenvalue weighted by atomic mass is 32.2. The van der Waals surface area contributed by atoms with Crippen LogP contribution in [-0.4, -0.2) is 20.5 Å². The van der Waals surface area contributed by atoms with E-state index in [1.807, 2.05) is 0 Å². The molecule has 20 heavy (non-hydrogen) atoms. The molecule has 0 radical (unpaired) electrons. The van der Waals surface area contributed by atoms with Gasteiger partial charge >= 0.3 is 22.4 Å². The van der Waals surface area contributed by atoms with Gasteiger partial charge < -0.3 is 4.18 Å². The Kier molecular flexibility index (Phi) is 4.33. The molecular formula is C11H12F3NO4S. The fourth-order valence-corrected chi connectivity index (χ4v) is 2.47. The number of hydrogen-bond donors (Lipinski definition) is 1. The molecule has 1 aromatic rings. The number of carbonyl (C=O) groups excluding carboxylic acids is 1. The van der Waals surface area contributed by atoms with Crippen molar-refractivity contribution in [3.8, 4) is 5.75 Å². The molecule has 5 nitrogen and oxygen atoms in total. The average Bonchev–Trinajstić information content (AvgIpc) is 2.21. The summed E-state index contributed by atoms with van der Waals surface area (Å²) in [5.74, 6) is -2.72. The second kappa shape index (κ2) is 5.31. The van der Waals surface area contributed by atoms with Crippen LogP contribution in [0.5, 0.6) is 5.75 Å². The molecule has 0 fully saturated rings. The molecule has 1 amide bonds. The van der Waals surface area contributed by atoms with Gasteiger partial charge in [0, 0.05) is 0 Å². The summed E-state index contributed by atoms with van der Waals surface area (Å²) in [7, 11) is -4.89. The second-order valence-electron chi connectivity index (χ2n) is 4.19. The van der Waals surface area contributed by atoms with Gasteiger partial charge in [-0.1, -0.05) is 17.7 Å². The third-order valence-electron chi connectivity index (χ3n) is 2.27. The van der Waals surface area contributed by atoms with Crippen LogP contribution in [0.1, 0.15) is 16.7 Å². The maximum absolute atomic E-state index is 12.0. The molecule has 0 aliphatic carbocycles. The van der Waals surface area contributed by atoms with E-state index in [1.54, 1.807) is 19.1 Å². The Balaban J connectivity index is 3.01. The molecule has 0 saturated heterocycles. The van der Waals surface area contributed by atoms with Crippen molar-refractivity contribution in [2.45, 2.75) is 26.9 Å². The van der Waals surface area contributed by atoms with Crippen molar-refractivity contribution in [2.24, 2.45) is 0 Å². The zero-order valence-corrected chi connectivity index (χ0v) is 11.6. The highest BCUT2D eigenvalue weighted by molar-refractivity contribution is 7.85. The summed E-state index contributed by atoms with van der Waals surface area (Å²) in [6.45, 7) is 4.84. The van der Waals surface area contributed by atoms with Crippen LogP contribution in [0.15, 0.2) is 12.1 Å². The number of rotatable bonds is 3. The maximum Gasteiger partial charge on any atom is 0.472 e. The first-order valence-corrected chi connectivity index (χ1v) is 6.74. The number of halogens is 3. The van der Waals surface area contributed by atoms with E-state index >= 15 is 0 Å². The Morgan fingerprint density at radius 3 is 2.00 bits per heavy atom. The smallest absolute Gasteiger partial charge is 0.366 e. The van der Waals surface area contributed by atoms with E-state index in [1.165, 1.54) is 13.8 Å². The number of aryl methyl sites for hydroxylation is 3. The van der Waals surface area contributed by atoms with Crippen molar-refractivity contribution in [1.82, 2.24) is 4.72 Å². The fraction of sp³-hybridized carbons (Fsp3) is 0.364. The Labute approximate surface area is 114 Å². The number of alkyl halides is 3. The van der Waals surface area contributed by atoms with Crippen LogP contribution in [0.4, 0.5) is 13.2 Å². The zero-order valence-electron chi connectivity index (χ0n) is 10.8. The van der Waals surface area contributed by atoms with Crippen molar-refractivity contribution in [3.05, 3.63) is 28.8 Å². The Hall–Kier alpha value is -1.77. The highest BCUT2D eigenvalue weighted by Crippen LogP contribution is 2.26. The van der Waals surface area contributed by atoms with Gasteiger partial charge in [-0.15, -0.1) is 0 Å². The van der Waals surface area contributed by atoms with Crippen LogP contribution >= 0.6 is 0 Å². The van der Waals surface area contributed by atoms with E-state index in [-0.39, 0.29) is 5.75 Å². The fourth-order valence-electron chi connectivity index (χ4n) is 1.60. The lowest BCUT2D eigenvalue weighted by molar-refractivity contribution is -0.171. The number of nitrogens with one attached hydrogen (secondary N) is 1. The SMILES string of the molecule is Cc1cc(C)c(OS(=O)(=O)NC(=O)C(F)(F)F)c(C)c1. The van der Waals surface area contributed by atoms with Gasteiger partial charge in [-0.05, 0) is 31.9 Å². The van der Waals surface area contributed by atoms with Crippen LogP contribution < -0.4 is 8.91 Å². The van der Waals surface area contributed by atoms with E-state index in [0.717, 1.165) is 10.3 Å². The van der Waals surface area contributed by atoms with Crippen LogP contribution in [0, 0.1) is 20.8 Å². The summed E-state index contributed by atoms with van der Waals surface area (Å²) in [4.78, 5) is 10.6. The molecule has 112 valence electrons. The summed E-state index contributed by atoms with van der Waals surface area (Å²) in [6, 6.07) is 3.20. The topological polar surface area (TPSA) is 72.5 Å². The molecular weight excluding hydrogens is 299 g/mol. The monoisotopic (exact) mass is 311 g/mol. The van der Waals surface area contributed by atoms with Crippen molar-refractivity contribution in [3.63, 3.8) is 0 Å². The minimum absolute atomic E-state index is 0.113. The minimum Gasteiger partial charge on any atom is -0.366 e. The number of hydrogen-bond acceptors (Lipinski definition) is 4. The van der Waals surface area contributed by atoms with Gasteiger partial charge in [0.15, 0.2) is 0 Å². The van der Waals surface area contributed by atoms with Crippen LogP contribution in [0.25, 0.3) is 0 Å². The summed E-state index contributed by atoms with van der Waals surface area (Å²) in [5, 5.41) is 0. The van der Waals surface area contributed by atoms with E-state index in [9.17, 15) is 26.4 Å². The largest absolute Gasteiger partial charge is 0.472 e. The zero-order chi connectivity index (χ0) is 15.7. The molecule has 0 aromatic heterocycles. The third kappa shape index (κ3) is 4.12. The first kappa shape index (κ1) is 16.3. The molecule has 0 aliphatic rings. The Morgan fingerprint density at radius 1 is 1.15 bits per heavy atom. The first-order chi connectivity index (χ1) is 8.92. The summed E-state index contributed by atoms with van der Waals surface area (Å²) in [6.07, 6.45) is -5.31. The predicted octanol–water partition coefficient (Wildman–Crippen LogP) is 1.91. The molecule has 1 rings (SSSR count). The van der Waals surface area contributed by atoms with Gasteiger partial charge in [0.25, 0.3) is 0 Å². The van der Waals surface area contributed by atoms with Crippen LogP contribution in [0.3, 0.4) is 0 Å².